The van der Waals surface area contributed by atoms with Crippen LogP contribution in [0.5, 0.6) is 0 Å². The van der Waals surface area contributed by atoms with E-state index in [1.165, 1.54) is 12.1 Å². The molecule has 0 bridgehead atoms. The van der Waals surface area contributed by atoms with Crippen LogP contribution in [0.2, 0.25) is 0 Å². The molecule has 0 saturated carbocycles. The topological polar surface area (TPSA) is 21.3 Å². The van der Waals surface area contributed by atoms with Gasteiger partial charge in [0.05, 0.1) is 11.7 Å². The van der Waals surface area contributed by atoms with Crippen LogP contribution in [0, 0.1) is 5.82 Å². The zero-order valence-electron chi connectivity index (χ0n) is 10.7. The monoisotopic (exact) mass is 237 g/mol. The predicted octanol–water partition coefficient (Wildman–Crippen LogP) is 3.04. The fourth-order valence-electron chi connectivity index (χ4n) is 2.15. The van der Waals surface area contributed by atoms with Crippen molar-refractivity contribution < 1.29 is 9.13 Å². The standard InChI is InChI=1S/C14H20FNO/c1-4-14(3)9-16-10(2)13(17-14)11-5-7-12(15)8-6-11/h5-8,10,13,16H,4,9H2,1-3H3. The maximum atomic E-state index is 12.9. The Hall–Kier alpha value is -0.930. The summed E-state index contributed by atoms with van der Waals surface area (Å²) >= 11 is 0. The minimum Gasteiger partial charge on any atom is -0.364 e. The first-order valence-corrected chi connectivity index (χ1v) is 6.21. The number of rotatable bonds is 2. The van der Waals surface area contributed by atoms with Crippen LogP contribution in [0.15, 0.2) is 24.3 Å². The summed E-state index contributed by atoms with van der Waals surface area (Å²) < 4.78 is 19.1. The first-order chi connectivity index (χ1) is 8.04. The van der Waals surface area contributed by atoms with Gasteiger partial charge < -0.3 is 10.1 Å². The van der Waals surface area contributed by atoms with Crippen LogP contribution in [0.3, 0.4) is 0 Å². The van der Waals surface area contributed by atoms with Gasteiger partial charge >= 0.3 is 0 Å². The summed E-state index contributed by atoms with van der Waals surface area (Å²) in [7, 11) is 0. The van der Waals surface area contributed by atoms with E-state index in [4.69, 9.17) is 4.74 Å². The summed E-state index contributed by atoms with van der Waals surface area (Å²) in [4.78, 5) is 0. The smallest absolute Gasteiger partial charge is 0.123 e. The normalized spacial score (nSPS) is 33.6. The Kier molecular flexibility index (Phi) is 3.50. The highest BCUT2D eigenvalue weighted by molar-refractivity contribution is 5.21. The second-order valence-corrected chi connectivity index (χ2v) is 5.06. The summed E-state index contributed by atoms with van der Waals surface area (Å²) in [6.07, 6.45) is 0.957. The molecule has 1 aromatic rings. The highest BCUT2D eigenvalue weighted by atomic mass is 19.1. The van der Waals surface area contributed by atoms with Gasteiger partial charge in [0.2, 0.25) is 0 Å². The van der Waals surface area contributed by atoms with E-state index in [1.807, 2.05) is 0 Å². The van der Waals surface area contributed by atoms with Crippen molar-refractivity contribution in [1.82, 2.24) is 5.32 Å². The van der Waals surface area contributed by atoms with Gasteiger partial charge in [-0.25, -0.2) is 4.39 Å². The molecule has 0 spiro atoms. The third kappa shape index (κ3) is 2.67. The molecule has 1 N–H and O–H groups in total. The van der Waals surface area contributed by atoms with E-state index in [0.717, 1.165) is 18.5 Å². The van der Waals surface area contributed by atoms with Crippen LogP contribution in [-0.4, -0.2) is 18.2 Å². The van der Waals surface area contributed by atoms with Gasteiger partial charge in [-0.05, 0) is 38.0 Å². The highest BCUT2D eigenvalue weighted by Crippen LogP contribution is 2.32. The van der Waals surface area contributed by atoms with Crippen LogP contribution in [-0.2, 0) is 4.74 Å². The van der Waals surface area contributed by atoms with Gasteiger partial charge in [0.1, 0.15) is 5.82 Å². The maximum absolute atomic E-state index is 12.9. The summed E-state index contributed by atoms with van der Waals surface area (Å²) in [5.41, 5.74) is 0.900. The van der Waals surface area contributed by atoms with Gasteiger partial charge in [0, 0.05) is 12.6 Å². The zero-order valence-corrected chi connectivity index (χ0v) is 10.7. The van der Waals surface area contributed by atoms with Crippen molar-refractivity contribution in [2.75, 3.05) is 6.54 Å². The SMILES string of the molecule is CCC1(C)CNC(C)C(c2ccc(F)cc2)O1. The number of hydrogen-bond acceptors (Lipinski definition) is 2. The third-order valence-corrected chi connectivity index (χ3v) is 3.61. The molecule has 3 unspecified atom stereocenters. The summed E-state index contributed by atoms with van der Waals surface area (Å²) in [5.74, 6) is -0.205. The van der Waals surface area contributed by atoms with E-state index in [0.29, 0.717) is 0 Å². The lowest BCUT2D eigenvalue weighted by Gasteiger charge is -2.42. The number of halogens is 1. The number of ether oxygens (including phenoxy) is 1. The maximum Gasteiger partial charge on any atom is 0.123 e. The van der Waals surface area contributed by atoms with E-state index in [9.17, 15) is 4.39 Å². The molecule has 2 rings (SSSR count). The second kappa shape index (κ2) is 4.75. The van der Waals surface area contributed by atoms with Gasteiger partial charge in [-0.1, -0.05) is 19.1 Å². The molecule has 1 aromatic carbocycles. The molecule has 0 aliphatic carbocycles. The van der Waals surface area contributed by atoms with E-state index in [1.54, 1.807) is 12.1 Å². The first kappa shape index (κ1) is 12.5. The molecular formula is C14H20FNO. The highest BCUT2D eigenvalue weighted by Gasteiger charge is 2.35. The lowest BCUT2D eigenvalue weighted by molar-refractivity contribution is -0.126. The molecule has 1 fully saturated rings. The van der Waals surface area contributed by atoms with Crippen molar-refractivity contribution in [3.63, 3.8) is 0 Å². The minimum atomic E-state index is -0.205. The molecule has 0 radical (unpaired) electrons. The number of hydrogen-bond donors (Lipinski definition) is 1. The van der Waals surface area contributed by atoms with Gasteiger partial charge in [-0.15, -0.1) is 0 Å². The largest absolute Gasteiger partial charge is 0.364 e. The molecule has 1 aliphatic heterocycles. The van der Waals surface area contributed by atoms with Crippen molar-refractivity contribution in [2.24, 2.45) is 0 Å². The summed E-state index contributed by atoms with van der Waals surface area (Å²) in [6.45, 7) is 7.20. The number of benzene rings is 1. The van der Waals surface area contributed by atoms with Crippen molar-refractivity contribution in [2.45, 2.75) is 44.9 Å². The molecule has 0 amide bonds. The molecule has 2 nitrogen and oxygen atoms in total. The molecule has 1 saturated heterocycles. The van der Waals surface area contributed by atoms with Crippen molar-refractivity contribution >= 4 is 0 Å². The second-order valence-electron chi connectivity index (χ2n) is 5.06. The van der Waals surface area contributed by atoms with Gasteiger partial charge in [-0.2, -0.15) is 0 Å². The Balaban J connectivity index is 2.20. The minimum absolute atomic E-state index is 0.00528. The molecule has 3 heteroatoms. The fourth-order valence-corrected chi connectivity index (χ4v) is 2.15. The van der Waals surface area contributed by atoms with E-state index in [-0.39, 0.29) is 23.6 Å². The Morgan fingerprint density at radius 1 is 1.41 bits per heavy atom. The van der Waals surface area contributed by atoms with Crippen LogP contribution in [0.1, 0.15) is 38.9 Å². The lowest BCUT2D eigenvalue weighted by Crippen LogP contribution is -2.52. The Labute approximate surface area is 102 Å². The molecule has 94 valence electrons. The third-order valence-electron chi connectivity index (χ3n) is 3.61. The van der Waals surface area contributed by atoms with Crippen molar-refractivity contribution in [3.05, 3.63) is 35.6 Å². The molecule has 0 aromatic heterocycles. The molecule has 17 heavy (non-hydrogen) atoms. The average molecular weight is 237 g/mol. The lowest BCUT2D eigenvalue weighted by atomic mass is 9.94. The fraction of sp³-hybridized carbons (Fsp3) is 0.571. The molecule has 3 atom stereocenters. The Bertz CT molecular complexity index is 378. The number of nitrogens with one attached hydrogen (secondary N) is 1. The Morgan fingerprint density at radius 2 is 2.06 bits per heavy atom. The van der Waals surface area contributed by atoms with Crippen LogP contribution in [0.25, 0.3) is 0 Å². The molecule has 1 aliphatic rings. The van der Waals surface area contributed by atoms with Crippen molar-refractivity contribution in [1.29, 1.82) is 0 Å². The van der Waals surface area contributed by atoms with Gasteiger partial charge in [-0.3, -0.25) is 0 Å². The van der Waals surface area contributed by atoms with E-state index >= 15 is 0 Å². The summed E-state index contributed by atoms with van der Waals surface area (Å²) in [6, 6.07) is 6.84. The zero-order chi connectivity index (χ0) is 12.5. The predicted molar refractivity (Wildman–Crippen MR) is 66.4 cm³/mol. The molecule has 1 heterocycles. The summed E-state index contributed by atoms with van der Waals surface area (Å²) in [5, 5.41) is 3.47. The van der Waals surface area contributed by atoms with Crippen LogP contribution < -0.4 is 5.32 Å². The number of morpholine rings is 1. The van der Waals surface area contributed by atoms with Gasteiger partial charge in [0.25, 0.3) is 0 Å². The molecular weight excluding hydrogens is 217 g/mol. The quantitative estimate of drug-likeness (QED) is 0.853. The van der Waals surface area contributed by atoms with E-state index < -0.39 is 0 Å². The van der Waals surface area contributed by atoms with Crippen LogP contribution in [0.4, 0.5) is 4.39 Å². The van der Waals surface area contributed by atoms with Gasteiger partial charge in [0.15, 0.2) is 0 Å². The Morgan fingerprint density at radius 3 is 2.65 bits per heavy atom. The van der Waals surface area contributed by atoms with Crippen molar-refractivity contribution in [3.8, 4) is 0 Å². The first-order valence-electron chi connectivity index (χ1n) is 6.21. The average Bonchev–Trinajstić information content (AvgIpc) is 2.34. The van der Waals surface area contributed by atoms with Crippen LogP contribution >= 0.6 is 0 Å². The van der Waals surface area contributed by atoms with E-state index in [2.05, 4.69) is 26.1 Å².